The number of aromatic nitrogens is 4. The zero-order valence-corrected chi connectivity index (χ0v) is 14.1. The molecule has 0 bridgehead atoms. The number of amides is 1. The number of hydrogen-bond acceptors (Lipinski definition) is 5. The fraction of sp³-hybridized carbons (Fsp3) is 0.105. The Labute approximate surface area is 150 Å². The summed E-state index contributed by atoms with van der Waals surface area (Å²) in [6, 6.07) is 18.4. The minimum absolute atomic E-state index is 0.204. The van der Waals surface area contributed by atoms with E-state index in [1.807, 2.05) is 36.4 Å². The van der Waals surface area contributed by atoms with Crippen molar-refractivity contribution in [2.45, 2.75) is 13.3 Å². The van der Waals surface area contributed by atoms with Crippen molar-refractivity contribution >= 4 is 23.6 Å². The molecule has 0 atom stereocenters. The Kier molecular flexibility index (Phi) is 4.10. The summed E-state index contributed by atoms with van der Waals surface area (Å²) in [5.41, 5.74) is 4.53. The van der Waals surface area contributed by atoms with Crippen molar-refractivity contribution in [3.8, 4) is 0 Å². The molecule has 1 aromatic heterocycles. The maximum atomic E-state index is 12.6. The van der Waals surface area contributed by atoms with E-state index in [4.69, 9.17) is 0 Å². The number of hydrazone groups is 1. The predicted molar refractivity (Wildman–Crippen MR) is 98.4 cm³/mol. The largest absolute Gasteiger partial charge is 0.283 e. The van der Waals surface area contributed by atoms with Gasteiger partial charge in [0.15, 0.2) is 0 Å². The molecule has 2 heterocycles. The molecule has 26 heavy (non-hydrogen) atoms. The number of benzene rings is 2. The molecule has 0 spiro atoms. The van der Waals surface area contributed by atoms with Gasteiger partial charge in [-0.15, -0.1) is 0 Å². The van der Waals surface area contributed by atoms with Crippen molar-refractivity contribution in [2.75, 3.05) is 5.01 Å². The van der Waals surface area contributed by atoms with Crippen LogP contribution in [0.3, 0.4) is 0 Å². The number of carbonyl (C=O) groups is 1. The first-order valence-corrected chi connectivity index (χ1v) is 8.19. The molecular weight excluding hydrogens is 328 g/mol. The van der Waals surface area contributed by atoms with E-state index in [2.05, 4.69) is 50.0 Å². The number of anilines is 1. The van der Waals surface area contributed by atoms with E-state index in [0.29, 0.717) is 11.3 Å². The first kappa shape index (κ1) is 15.9. The van der Waals surface area contributed by atoms with E-state index in [-0.39, 0.29) is 11.9 Å². The van der Waals surface area contributed by atoms with E-state index in [0.717, 1.165) is 12.0 Å². The Morgan fingerprint density at radius 1 is 1.08 bits per heavy atom. The summed E-state index contributed by atoms with van der Waals surface area (Å²) in [6.07, 6.45) is 2.69. The zero-order chi connectivity index (χ0) is 17.9. The van der Waals surface area contributed by atoms with E-state index in [9.17, 15) is 4.79 Å². The van der Waals surface area contributed by atoms with Crippen LogP contribution in [-0.4, -0.2) is 32.2 Å². The third kappa shape index (κ3) is 3.14. The van der Waals surface area contributed by atoms with Gasteiger partial charge in [0.2, 0.25) is 0 Å². The Hall–Kier alpha value is -3.61. The van der Waals surface area contributed by atoms with Gasteiger partial charge in [-0.3, -0.25) is 4.79 Å². The number of carbonyl (C=O) groups excluding carboxylic acids is 1. The minimum Gasteiger partial charge on any atom is -0.267 e. The third-order valence-corrected chi connectivity index (χ3v) is 4.11. The number of nitrogens with zero attached hydrogens (tertiary/aromatic N) is 5. The molecule has 0 saturated heterocycles. The van der Waals surface area contributed by atoms with Gasteiger partial charge in [0, 0.05) is 0 Å². The second-order valence-electron chi connectivity index (χ2n) is 5.99. The van der Waals surface area contributed by atoms with Crippen LogP contribution < -0.4 is 5.01 Å². The lowest BCUT2D eigenvalue weighted by molar-refractivity contribution is -0.114. The number of H-pyrrole nitrogens is 1. The minimum atomic E-state index is -0.255. The number of aromatic amines is 1. The highest BCUT2D eigenvalue weighted by atomic mass is 16.2. The van der Waals surface area contributed by atoms with Gasteiger partial charge in [-0.05, 0) is 46.5 Å². The molecule has 4 rings (SSSR count). The van der Waals surface area contributed by atoms with Crippen molar-refractivity contribution in [2.24, 2.45) is 5.10 Å². The van der Waals surface area contributed by atoms with Gasteiger partial charge in [0.1, 0.15) is 0 Å². The van der Waals surface area contributed by atoms with Gasteiger partial charge in [0.05, 0.1) is 11.3 Å². The van der Waals surface area contributed by atoms with Crippen LogP contribution >= 0.6 is 0 Å². The molecule has 7 nitrogen and oxygen atoms in total. The van der Waals surface area contributed by atoms with Crippen LogP contribution in [0.2, 0.25) is 0 Å². The fourth-order valence-corrected chi connectivity index (χ4v) is 2.86. The topological polar surface area (TPSA) is 87.1 Å². The van der Waals surface area contributed by atoms with Gasteiger partial charge in [0.25, 0.3) is 11.9 Å². The Morgan fingerprint density at radius 3 is 2.65 bits per heavy atom. The molecule has 1 amide bonds. The number of hydrogen-bond donors (Lipinski definition) is 1. The normalized spacial score (nSPS) is 15.6. The Balaban J connectivity index is 1.59. The highest BCUT2D eigenvalue weighted by Crippen LogP contribution is 2.22. The van der Waals surface area contributed by atoms with Gasteiger partial charge in [-0.1, -0.05) is 59.7 Å². The predicted octanol–water partition coefficient (Wildman–Crippen LogP) is 2.60. The highest BCUT2D eigenvalue weighted by Gasteiger charge is 2.30. The molecule has 1 aliphatic heterocycles. The molecule has 7 heteroatoms. The van der Waals surface area contributed by atoms with Gasteiger partial charge >= 0.3 is 0 Å². The number of tetrazole rings is 1. The molecule has 0 radical (unpaired) electrons. The molecule has 2 aromatic carbocycles. The lowest BCUT2D eigenvalue weighted by Crippen LogP contribution is -2.22. The summed E-state index contributed by atoms with van der Waals surface area (Å²) in [6.45, 7) is 1.79. The number of rotatable bonds is 4. The smallest absolute Gasteiger partial charge is 0.267 e. The second-order valence-corrected chi connectivity index (χ2v) is 5.99. The molecule has 0 unspecified atom stereocenters. The van der Waals surface area contributed by atoms with Crippen LogP contribution in [0.1, 0.15) is 23.6 Å². The van der Waals surface area contributed by atoms with Crippen LogP contribution in [0.15, 0.2) is 65.3 Å². The summed E-state index contributed by atoms with van der Waals surface area (Å²) in [5.74, 6) is -0.0508. The average molecular weight is 344 g/mol. The molecule has 1 aliphatic rings. The van der Waals surface area contributed by atoms with Gasteiger partial charge < -0.3 is 0 Å². The molecule has 1 N–H and O–H groups in total. The van der Waals surface area contributed by atoms with Gasteiger partial charge in [-0.25, -0.2) is 5.10 Å². The maximum Gasteiger partial charge on any atom is 0.283 e. The quantitative estimate of drug-likeness (QED) is 0.737. The summed E-state index contributed by atoms with van der Waals surface area (Å²) in [4.78, 5) is 12.6. The van der Waals surface area contributed by atoms with Crippen LogP contribution in [-0.2, 0) is 11.2 Å². The lowest BCUT2D eigenvalue weighted by atomic mass is 10.0. The van der Waals surface area contributed by atoms with Gasteiger partial charge in [-0.2, -0.15) is 10.1 Å². The lowest BCUT2D eigenvalue weighted by Gasteiger charge is -2.06. The molecular formula is C19H16N6O. The summed E-state index contributed by atoms with van der Waals surface area (Å²) in [5, 5.41) is 18.7. The first-order valence-electron chi connectivity index (χ1n) is 8.19. The summed E-state index contributed by atoms with van der Waals surface area (Å²) >= 11 is 0. The third-order valence-electron chi connectivity index (χ3n) is 4.11. The SMILES string of the molecule is CC1=NN(c2nnn[nH]2)C(=O)/C1=C\c1cccc(Cc2ccccc2)c1. The highest BCUT2D eigenvalue weighted by molar-refractivity contribution is 6.31. The zero-order valence-electron chi connectivity index (χ0n) is 14.1. The van der Waals surface area contributed by atoms with Crippen LogP contribution in [0.25, 0.3) is 6.08 Å². The van der Waals surface area contributed by atoms with Crippen LogP contribution in [0.5, 0.6) is 0 Å². The van der Waals surface area contributed by atoms with Crippen LogP contribution in [0, 0.1) is 0 Å². The Bertz CT molecular complexity index is 992. The van der Waals surface area contributed by atoms with Crippen molar-refractivity contribution in [1.29, 1.82) is 0 Å². The molecule has 0 saturated carbocycles. The molecule has 0 aliphatic carbocycles. The maximum absolute atomic E-state index is 12.6. The summed E-state index contributed by atoms with van der Waals surface area (Å²) < 4.78 is 0. The second kappa shape index (κ2) is 6.72. The summed E-state index contributed by atoms with van der Waals surface area (Å²) in [7, 11) is 0. The molecule has 0 fully saturated rings. The van der Waals surface area contributed by atoms with Crippen molar-refractivity contribution in [1.82, 2.24) is 20.6 Å². The first-order chi connectivity index (χ1) is 12.7. The van der Waals surface area contributed by atoms with Crippen molar-refractivity contribution < 1.29 is 4.79 Å². The average Bonchev–Trinajstić information content (AvgIpc) is 3.27. The Morgan fingerprint density at radius 2 is 1.88 bits per heavy atom. The van der Waals surface area contributed by atoms with Crippen molar-refractivity contribution in [3.05, 3.63) is 76.9 Å². The van der Waals surface area contributed by atoms with E-state index >= 15 is 0 Å². The monoisotopic (exact) mass is 344 g/mol. The fourth-order valence-electron chi connectivity index (χ4n) is 2.86. The van der Waals surface area contributed by atoms with E-state index < -0.39 is 0 Å². The van der Waals surface area contributed by atoms with Crippen molar-refractivity contribution in [3.63, 3.8) is 0 Å². The van der Waals surface area contributed by atoms with Crippen LogP contribution in [0.4, 0.5) is 5.95 Å². The standard InChI is InChI=1S/C19H16N6O/c1-13-17(18(26)25(22-13)19-20-23-24-21-19)12-16-9-5-8-15(11-16)10-14-6-3-2-4-7-14/h2-9,11-12H,10H2,1H3,(H,20,21,23,24)/b17-12-. The number of nitrogens with one attached hydrogen (secondary N) is 1. The molecule has 128 valence electrons. The molecule has 3 aromatic rings. The van der Waals surface area contributed by atoms with E-state index in [1.54, 1.807) is 6.92 Å². The van der Waals surface area contributed by atoms with E-state index in [1.165, 1.54) is 16.1 Å².